The van der Waals surface area contributed by atoms with Gasteiger partial charge in [0.1, 0.15) is 6.04 Å². The Morgan fingerprint density at radius 1 is 1.00 bits per heavy atom. The van der Waals surface area contributed by atoms with Gasteiger partial charge in [-0.15, -0.1) is 0 Å². The van der Waals surface area contributed by atoms with Crippen LogP contribution in [0, 0.1) is 0 Å². The van der Waals surface area contributed by atoms with Crippen LogP contribution in [0.25, 0.3) is 0 Å². The molecule has 2 nitrogen and oxygen atoms in total. The van der Waals surface area contributed by atoms with Crippen molar-refractivity contribution in [3.63, 3.8) is 0 Å². The normalized spacial score (nSPS) is 26.8. The first-order chi connectivity index (χ1) is 10.3. The quantitative estimate of drug-likeness (QED) is 0.831. The van der Waals surface area contributed by atoms with E-state index in [0.29, 0.717) is 6.04 Å². The zero-order valence-electron chi connectivity index (χ0n) is 12.5. The van der Waals surface area contributed by atoms with Crippen LogP contribution in [0.15, 0.2) is 60.7 Å². The highest BCUT2D eigenvalue weighted by molar-refractivity contribution is 6.41. The van der Waals surface area contributed by atoms with Crippen LogP contribution in [0.2, 0.25) is 6.82 Å². The van der Waals surface area contributed by atoms with E-state index in [-0.39, 0.29) is 12.7 Å². The molecule has 106 valence electrons. The lowest BCUT2D eigenvalue weighted by Crippen LogP contribution is -3.17. The average molecular weight is 278 g/mol. The van der Waals surface area contributed by atoms with Gasteiger partial charge < -0.3 is 9.47 Å². The molecule has 0 radical (unpaired) electrons. The molecule has 21 heavy (non-hydrogen) atoms. The van der Waals surface area contributed by atoms with Gasteiger partial charge in [0.25, 0.3) is 0 Å². The summed E-state index contributed by atoms with van der Waals surface area (Å²) < 4.78 is 6.65. The zero-order chi connectivity index (χ0) is 14.3. The van der Waals surface area contributed by atoms with E-state index in [0.717, 1.165) is 0 Å². The lowest BCUT2D eigenvalue weighted by atomic mass is 9.79. The Kier molecular flexibility index (Phi) is 3.13. The van der Waals surface area contributed by atoms with Crippen LogP contribution in [0.1, 0.15) is 24.0 Å². The minimum absolute atomic E-state index is 0.262. The second kappa shape index (κ2) is 5.01. The first-order valence-corrected chi connectivity index (χ1v) is 7.97. The summed E-state index contributed by atoms with van der Waals surface area (Å²) in [6.45, 7) is 3.45. The maximum atomic E-state index is 6.65. The summed E-state index contributed by atoms with van der Waals surface area (Å²) in [4.78, 5) is 1.61. The average Bonchev–Trinajstić information content (AvgIpc) is 3.13. The molecule has 0 amide bonds. The van der Waals surface area contributed by atoms with E-state index in [1.54, 1.807) is 4.81 Å². The fourth-order valence-electron chi connectivity index (χ4n) is 4.33. The molecule has 0 bridgehead atoms. The van der Waals surface area contributed by atoms with Crippen molar-refractivity contribution in [3.05, 3.63) is 71.8 Å². The summed E-state index contributed by atoms with van der Waals surface area (Å²) in [5.41, 5.74) is 2.31. The molecule has 2 atom stereocenters. The molecular weight excluding hydrogens is 257 g/mol. The molecule has 3 heteroatoms. The van der Waals surface area contributed by atoms with E-state index in [1.165, 1.54) is 30.5 Å². The highest BCUT2D eigenvalue weighted by Gasteiger charge is 2.61. The number of nitrogens with one attached hydrogen (secondary N) is 1. The van der Waals surface area contributed by atoms with E-state index in [4.69, 9.17) is 4.65 Å². The predicted octanol–water partition coefficient (Wildman–Crippen LogP) is 2.13. The molecule has 2 aliphatic heterocycles. The first kappa shape index (κ1) is 13.1. The van der Waals surface area contributed by atoms with Crippen molar-refractivity contribution in [3.8, 4) is 0 Å². The van der Waals surface area contributed by atoms with Crippen molar-refractivity contribution in [2.75, 3.05) is 6.54 Å². The third-order valence-electron chi connectivity index (χ3n) is 5.19. The molecule has 2 aliphatic rings. The zero-order valence-corrected chi connectivity index (χ0v) is 12.5. The Bertz CT molecular complexity index is 576. The smallest absolute Gasteiger partial charge is 0.373 e. The number of hydrogen-bond acceptors (Lipinski definition) is 1. The Labute approximate surface area is 126 Å². The molecule has 2 saturated heterocycles. The van der Waals surface area contributed by atoms with Crippen LogP contribution >= 0.6 is 0 Å². The Morgan fingerprint density at radius 2 is 1.57 bits per heavy atom. The molecule has 2 fully saturated rings. The number of fused-ring (bicyclic) bond motifs is 1. The SMILES string of the molecule is CB1OC(c2ccccc2)(c2ccccc2)C2CCC[NH+]12. The van der Waals surface area contributed by atoms with E-state index >= 15 is 0 Å². The lowest BCUT2D eigenvalue weighted by Gasteiger charge is -2.33. The van der Waals surface area contributed by atoms with Gasteiger partial charge in [-0.1, -0.05) is 60.7 Å². The van der Waals surface area contributed by atoms with Gasteiger partial charge in [-0.2, -0.15) is 0 Å². The minimum atomic E-state index is -0.284. The van der Waals surface area contributed by atoms with E-state index < -0.39 is 0 Å². The Hall–Kier alpha value is -1.58. The van der Waals surface area contributed by atoms with Crippen LogP contribution in [0.3, 0.4) is 0 Å². The van der Waals surface area contributed by atoms with E-state index in [2.05, 4.69) is 67.5 Å². The molecule has 0 saturated carbocycles. The molecule has 0 spiro atoms. The van der Waals surface area contributed by atoms with Crippen LogP contribution < -0.4 is 4.81 Å². The molecule has 2 unspecified atom stereocenters. The van der Waals surface area contributed by atoms with Crippen molar-refractivity contribution >= 4 is 7.05 Å². The van der Waals surface area contributed by atoms with Gasteiger partial charge in [0.2, 0.25) is 0 Å². The Balaban J connectivity index is 1.92. The maximum Gasteiger partial charge on any atom is 0.570 e. The van der Waals surface area contributed by atoms with Gasteiger partial charge in [0.15, 0.2) is 5.60 Å². The second-order valence-corrected chi connectivity index (χ2v) is 6.25. The van der Waals surface area contributed by atoms with Crippen LogP contribution in [-0.2, 0) is 10.3 Å². The van der Waals surface area contributed by atoms with Gasteiger partial charge >= 0.3 is 7.05 Å². The van der Waals surface area contributed by atoms with Gasteiger partial charge in [-0.3, -0.25) is 0 Å². The summed E-state index contributed by atoms with van der Waals surface area (Å²) in [5.74, 6) is 0. The molecule has 2 aromatic rings. The van der Waals surface area contributed by atoms with Crippen molar-refractivity contribution in [2.45, 2.75) is 31.3 Å². The van der Waals surface area contributed by atoms with Crippen molar-refractivity contribution in [1.29, 1.82) is 0 Å². The van der Waals surface area contributed by atoms with Crippen molar-refractivity contribution in [2.24, 2.45) is 0 Å². The maximum absolute atomic E-state index is 6.65. The highest BCUT2D eigenvalue weighted by Crippen LogP contribution is 2.41. The Morgan fingerprint density at radius 3 is 2.14 bits per heavy atom. The molecule has 2 heterocycles. The molecule has 0 aliphatic carbocycles. The number of rotatable bonds is 2. The standard InChI is InChI=1S/C18H20BNO/c1-19-20-14-8-13-17(20)18(21-19,15-9-4-2-5-10-15)16-11-6-3-7-12-16/h2-7,9-12,17H,8,13-14H2,1H3/p+1. The fourth-order valence-corrected chi connectivity index (χ4v) is 4.33. The lowest BCUT2D eigenvalue weighted by molar-refractivity contribution is -0.800. The van der Waals surface area contributed by atoms with Crippen LogP contribution in [0.4, 0.5) is 0 Å². The monoisotopic (exact) mass is 278 g/mol. The third-order valence-corrected chi connectivity index (χ3v) is 5.19. The summed E-state index contributed by atoms with van der Waals surface area (Å²) in [6, 6.07) is 22.1. The number of benzene rings is 2. The summed E-state index contributed by atoms with van der Waals surface area (Å²) in [5, 5.41) is 0. The molecular formula is C18H21BNO+. The number of quaternary nitrogens is 1. The summed E-state index contributed by atoms with van der Waals surface area (Å²) >= 11 is 0. The summed E-state index contributed by atoms with van der Waals surface area (Å²) in [6.07, 6.45) is 2.54. The van der Waals surface area contributed by atoms with Gasteiger partial charge in [-0.25, -0.2) is 0 Å². The van der Waals surface area contributed by atoms with Crippen molar-refractivity contribution < 1.29 is 9.47 Å². The molecule has 0 aromatic heterocycles. The van der Waals surface area contributed by atoms with E-state index in [9.17, 15) is 0 Å². The first-order valence-electron chi connectivity index (χ1n) is 7.97. The predicted molar refractivity (Wildman–Crippen MR) is 85.2 cm³/mol. The number of hydrogen-bond donors (Lipinski definition) is 1. The molecule has 1 N–H and O–H groups in total. The van der Waals surface area contributed by atoms with Crippen LogP contribution in [0.5, 0.6) is 0 Å². The van der Waals surface area contributed by atoms with Gasteiger partial charge in [0.05, 0.1) is 6.54 Å². The fraction of sp³-hybridized carbons (Fsp3) is 0.333. The largest absolute Gasteiger partial charge is 0.570 e. The van der Waals surface area contributed by atoms with Gasteiger partial charge in [0, 0.05) is 19.7 Å². The van der Waals surface area contributed by atoms with Crippen molar-refractivity contribution in [1.82, 2.24) is 0 Å². The molecule has 2 aromatic carbocycles. The van der Waals surface area contributed by atoms with Gasteiger partial charge in [-0.05, 0) is 11.1 Å². The topological polar surface area (TPSA) is 13.7 Å². The summed E-state index contributed by atoms with van der Waals surface area (Å²) in [7, 11) is 0.262. The molecule has 4 rings (SSSR count). The third kappa shape index (κ3) is 1.88. The minimum Gasteiger partial charge on any atom is -0.373 e. The second-order valence-electron chi connectivity index (χ2n) is 6.25. The highest BCUT2D eigenvalue weighted by atomic mass is 16.5. The van der Waals surface area contributed by atoms with E-state index in [1.807, 2.05) is 0 Å². The van der Waals surface area contributed by atoms with Crippen LogP contribution in [-0.4, -0.2) is 19.6 Å².